The maximum atomic E-state index is 12.1. The predicted octanol–water partition coefficient (Wildman–Crippen LogP) is 3.18. The number of nitrogens with zero attached hydrogens (tertiary/aromatic N) is 1. The predicted molar refractivity (Wildman–Crippen MR) is 63.7 cm³/mol. The van der Waals surface area contributed by atoms with Crippen molar-refractivity contribution in [1.29, 1.82) is 0 Å². The Labute approximate surface area is 103 Å². The van der Waals surface area contributed by atoms with Gasteiger partial charge in [-0.25, -0.2) is 0 Å². The number of alkyl halides is 2. The van der Waals surface area contributed by atoms with Crippen LogP contribution in [0.25, 0.3) is 0 Å². The van der Waals surface area contributed by atoms with Crippen molar-refractivity contribution < 1.29 is 13.5 Å². The van der Waals surface area contributed by atoms with Gasteiger partial charge in [0.2, 0.25) is 0 Å². The monoisotopic (exact) mass is 253 g/mol. The maximum absolute atomic E-state index is 12.1. The summed E-state index contributed by atoms with van der Waals surface area (Å²) in [6.45, 7) is -0.883. The van der Waals surface area contributed by atoms with Crippen LogP contribution in [0.15, 0.2) is 36.7 Å². The van der Waals surface area contributed by atoms with E-state index in [1.54, 1.807) is 24.5 Å². The van der Waals surface area contributed by atoms with Crippen LogP contribution < -0.4 is 10.1 Å². The summed E-state index contributed by atoms with van der Waals surface area (Å²) in [7, 11) is 0. The number of hydrogen-bond donors (Lipinski definition) is 2. The van der Waals surface area contributed by atoms with Crippen molar-refractivity contribution >= 4 is 5.69 Å². The van der Waals surface area contributed by atoms with Gasteiger partial charge in [-0.3, -0.25) is 5.10 Å². The highest BCUT2D eigenvalue weighted by atomic mass is 19.3. The van der Waals surface area contributed by atoms with Crippen LogP contribution in [0, 0.1) is 0 Å². The molecule has 0 aliphatic rings. The molecular formula is C12H13F2N3O. The molecule has 0 aliphatic carbocycles. The SMILES string of the molecule is CC(Nc1cn[nH]c1)c1cccc(OC(F)F)c1. The van der Waals surface area contributed by atoms with Gasteiger partial charge in [-0.1, -0.05) is 12.1 Å². The van der Waals surface area contributed by atoms with Gasteiger partial charge >= 0.3 is 6.61 Å². The van der Waals surface area contributed by atoms with Crippen molar-refractivity contribution in [3.05, 3.63) is 42.2 Å². The number of nitrogens with one attached hydrogen (secondary N) is 2. The molecule has 1 aromatic heterocycles. The second-order valence-corrected chi connectivity index (χ2v) is 3.80. The van der Waals surface area contributed by atoms with Crippen molar-refractivity contribution in [3.8, 4) is 5.75 Å². The molecule has 0 spiro atoms. The number of rotatable bonds is 5. The van der Waals surface area contributed by atoms with E-state index >= 15 is 0 Å². The second kappa shape index (κ2) is 5.48. The molecular weight excluding hydrogens is 240 g/mol. The largest absolute Gasteiger partial charge is 0.435 e. The number of anilines is 1. The molecule has 18 heavy (non-hydrogen) atoms. The lowest BCUT2D eigenvalue weighted by molar-refractivity contribution is -0.0498. The Morgan fingerprint density at radius 2 is 2.22 bits per heavy atom. The van der Waals surface area contributed by atoms with Crippen LogP contribution in [0.2, 0.25) is 0 Å². The first-order valence-electron chi connectivity index (χ1n) is 5.45. The number of aromatic nitrogens is 2. The molecule has 0 bridgehead atoms. The average molecular weight is 253 g/mol. The number of H-pyrrole nitrogens is 1. The molecule has 2 N–H and O–H groups in total. The van der Waals surface area contributed by atoms with Gasteiger partial charge in [0.05, 0.1) is 11.9 Å². The Kier molecular flexibility index (Phi) is 3.76. The van der Waals surface area contributed by atoms with E-state index < -0.39 is 6.61 Å². The molecule has 96 valence electrons. The van der Waals surface area contributed by atoms with Crippen LogP contribution in [0.1, 0.15) is 18.5 Å². The van der Waals surface area contributed by atoms with Crippen LogP contribution in [0.3, 0.4) is 0 Å². The van der Waals surface area contributed by atoms with Gasteiger partial charge in [0.1, 0.15) is 5.75 Å². The Balaban J connectivity index is 2.07. The van der Waals surface area contributed by atoms with E-state index in [9.17, 15) is 8.78 Å². The molecule has 6 heteroatoms. The van der Waals surface area contributed by atoms with Crippen LogP contribution in [-0.2, 0) is 0 Å². The number of hydrogen-bond acceptors (Lipinski definition) is 3. The van der Waals surface area contributed by atoms with Gasteiger partial charge in [0.25, 0.3) is 0 Å². The molecule has 0 saturated heterocycles. The molecule has 4 nitrogen and oxygen atoms in total. The molecule has 0 fully saturated rings. The van der Waals surface area contributed by atoms with Gasteiger partial charge in [0.15, 0.2) is 0 Å². The number of ether oxygens (including phenoxy) is 1. The minimum Gasteiger partial charge on any atom is -0.435 e. The molecule has 1 unspecified atom stereocenters. The van der Waals surface area contributed by atoms with Crippen LogP contribution in [-0.4, -0.2) is 16.8 Å². The van der Waals surface area contributed by atoms with Crippen molar-refractivity contribution in [2.45, 2.75) is 19.6 Å². The summed E-state index contributed by atoms with van der Waals surface area (Å²) >= 11 is 0. The highest BCUT2D eigenvalue weighted by Gasteiger charge is 2.09. The molecule has 1 aromatic carbocycles. The van der Waals surface area contributed by atoms with E-state index in [2.05, 4.69) is 20.3 Å². The zero-order valence-electron chi connectivity index (χ0n) is 9.73. The molecule has 0 aliphatic heterocycles. The third kappa shape index (κ3) is 3.19. The smallest absolute Gasteiger partial charge is 0.387 e. The molecule has 1 heterocycles. The number of aromatic amines is 1. The normalized spacial score (nSPS) is 12.4. The van der Waals surface area contributed by atoms with Gasteiger partial charge in [-0.15, -0.1) is 0 Å². The summed E-state index contributed by atoms with van der Waals surface area (Å²) in [5, 5.41) is 9.68. The quantitative estimate of drug-likeness (QED) is 0.860. The zero-order chi connectivity index (χ0) is 13.0. The first kappa shape index (κ1) is 12.3. The minimum atomic E-state index is -2.81. The van der Waals surface area contributed by atoms with Crippen molar-refractivity contribution in [2.75, 3.05) is 5.32 Å². The zero-order valence-corrected chi connectivity index (χ0v) is 9.73. The molecule has 0 radical (unpaired) electrons. The molecule has 1 atom stereocenters. The van der Waals surface area contributed by atoms with Gasteiger partial charge < -0.3 is 10.1 Å². The number of benzene rings is 1. The average Bonchev–Trinajstić information content (AvgIpc) is 2.81. The lowest BCUT2D eigenvalue weighted by Crippen LogP contribution is -2.07. The highest BCUT2D eigenvalue weighted by molar-refractivity contribution is 5.42. The van der Waals surface area contributed by atoms with E-state index in [4.69, 9.17) is 0 Å². The summed E-state index contributed by atoms with van der Waals surface area (Å²) in [4.78, 5) is 0. The Hall–Kier alpha value is -2.11. The van der Waals surface area contributed by atoms with Crippen molar-refractivity contribution in [3.63, 3.8) is 0 Å². The van der Waals surface area contributed by atoms with E-state index in [0.717, 1.165) is 11.3 Å². The first-order chi connectivity index (χ1) is 8.65. The van der Waals surface area contributed by atoms with Gasteiger partial charge in [-0.05, 0) is 24.6 Å². The summed E-state index contributed by atoms with van der Waals surface area (Å²) in [5.74, 6) is 0.156. The van der Waals surface area contributed by atoms with Crippen molar-refractivity contribution in [2.24, 2.45) is 0 Å². The van der Waals surface area contributed by atoms with Crippen molar-refractivity contribution in [1.82, 2.24) is 10.2 Å². The lowest BCUT2D eigenvalue weighted by atomic mass is 10.1. The number of halogens is 2. The molecule has 0 amide bonds. The summed E-state index contributed by atoms with van der Waals surface area (Å²) in [5.41, 5.74) is 1.69. The van der Waals surface area contributed by atoms with E-state index in [1.807, 2.05) is 13.0 Å². The Morgan fingerprint density at radius 1 is 1.39 bits per heavy atom. The molecule has 2 aromatic rings. The van der Waals surface area contributed by atoms with Gasteiger partial charge in [0, 0.05) is 12.2 Å². The standard InChI is InChI=1S/C12H13F2N3O/c1-8(17-10-6-15-16-7-10)9-3-2-4-11(5-9)18-12(13)14/h2-8,12,17H,1H3,(H,15,16). The lowest BCUT2D eigenvalue weighted by Gasteiger charge is -2.15. The molecule has 2 rings (SSSR count). The van der Waals surface area contributed by atoms with E-state index in [-0.39, 0.29) is 11.8 Å². The van der Waals surface area contributed by atoms with Gasteiger partial charge in [-0.2, -0.15) is 13.9 Å². The first-order valence-corrected chi connectivity index (χ1v) is 5.45. The highest BCUT2D eigenvalue weighted by Crippen LogP contribution is 2.23. The van der Waals surface area contributed by atoms with E-state index in [1.165, 1.54) is 6.07 Å². The third-order valence-corrected chi connectivity index (χ3v) is 2.46. The Bertz CT molecular complexity index is 488. The van der Waals surface area contributed by atoms with E-state index in [0.29, 0.717) is 0 Å². The van der Waals surface area contributed by atoms with Crippen LogP contribution >= 0.6 is 0 Å². The fourth-order valence-electron chi connectivity index (χ4n) is 1.62. The topological polar surface area (TPSA) is 49.9 Å². The second-order valence-electron chi connectivity index (χ2n) is 3.80. The minimum absolute atomic E-state index is 0.0381. The maximum Gasteiger partial charge on any atom is 0.387 e. The fraction of sp³-hybridized carbons (Fsp3) is 0.250. The van der Waals surface area contributed by atoms with Crippen LogP contribution in [0.4, 0.5) is 14.5 Å². The van der Waals surface area contributed by atoms with Crippen LogP contribution in [0.5, 0.6) is 5.75 Å². The third-order valence-electron chi connectivity index (χ3n) is 2.46. The molecule has 0 saturated carbocycles. The summed E-state index contributed by atoms with van der Waals surface area (Å²) in [6, 6.07) is 6.57. The summed E-state index contributed by atoms with van der Waals surface area (Å²) in [6.07, 6.45) is 3.37. The summed E-state index contributed by atoms with van der Waals surface area (Å²) < 4.78 is 28.6. The fourth-order valence-corrected chi connectivity index (χ4v) is 1.62. The Morgan fingerprint density at radius 3 is 2.89 bits per heavy atom.